The number of carbonyl (C=O) groups is 1. The minimum atomic E-state index is -4.66. The minimum absolute atomic E-state index is 0.0324. The third kappa shape index (κ3) is 19.4. The van der Waals surface area contributed by atoms with Gasteiger partial charge in [0, 0.05) is 94.4 Å². The number of benzene rings is 2. The fourth-order valence-electron chi connectivity index (χ4n) is 7.41. The first-order valence-electron chi connectivity index (χ1n) is 21.2. The van der Waals surface area contributed by atoms with E-state index in [-0.39, 0.29) is 36.0 Å². The summed E-state index contributed by atoms with van der Waals surface area (Å²) in [6, 6.07) is 8.35. The van der Waals surface area contributed by atoms with Crippen LogP contribution in [0, 0.1) is 0 Å². The summed E-state index contributed by atoms with van der Waals surface area (Å²) in [5, 5.41) is 69.8. The molecule has 3 N–H and O–H groups in total. The lowest BCUT2D eigenvalue weighted by atomic mass is 9.77. The maximum atomic E-state index is 12.5. The molecule has 32 nitrogen and oxygen atoms in total. The van der Waals surface area contributed by atoms with Gasteiger partial charge in [0.05, 0.1) is 29.4 Å². The van der Waals surface area contributed by atoms with Gasteiger partial charge in [-0.2, -0.15) is 31.2 Å². The molecular formula is C40H53N2O30S2+. The van der Waals surface area contributed by atoms with Gasteiger partial charge in [-0.05, 0) is 124 Å². The lowest BCUT2D eigenvalue weighted by Crippen LogP contribution is -2.30. The summed E-state index contributed by atoms with van der Waals surface area (Å²) in [7, 11) is -6.56. The Balaban J connectivity index is 1.54. The van der Waals surface area contributed by atoms with Gasteiger partial charge < -0.3 is 34.0 Å². The maximum Gasteiger partial charge on any atom is 0.303 e. The number of nitrogens with zero attached hydrogens (tertiary/aromatic N) is 2. The first kappa shape index (κ1) is 61.2. The zero-order chi connectivity index (χ0) is 53.9. The van der Waals surface area contributed by atoms with Crippen molar-refractivity contribution in [2.45, 2.75) is 79.9 Å². The van der Waals surface area contributed by atoms with Crippen LogP contribution in [0.5, 0.6) is 0 Å². The topological polar surface area (TPSA) is 355 Å². The first-order valence-corrected chi connectivity index (χ1v) is 24.1. The van der Waals surface area contributed by atoms with Crippen molar-refractivity contribution in [3.05, 3.63) is 96.5 Å². The SMILES string of the molecule is CO/C=C\OOOOOOOOOCOCCCC1(C)C(=CC=CC2=[N+](CCOOOOOOOOOO/C=C/OC)c3ccc(S(=O)(=O)O)cc3C2(C)C)N(CCCCCC(=O)O)c2ccc(S(=O)(=O)O)cc21. The van der Waals surface area contributed by atoms with Crippen LogP contribution in [0.1, 0.15) is 70.4 Å². The number of allylic oxidation sites excluding steroid dienone is 4. The van der Waals surface area contributed by atoms with E-state index in [2.05, 4.69) is 99.7 Å². The van der Waals surface area contributed by atoms with E-state index in [9.17, 15) is 35.8 Å². The number of ether oxygens (including phenoxy) is 3. The van der Waals surface area contributed by atoms with Crippen LogP contribution >= 0.6 is 0 Å². The lowest BCUT2D eigenvalue weighted by Gasteiger charge is -2.30. The Hall–Kier alpha value is -5.36. The van der Waals surface area contributed by atoms with Crippen molar-refractivity contribution in [3.8, 4) is 0 Å². The summed E-state index contributed by atoms with van der Waals surface area (Å²) in [4.78, 5) is 30.9. The standard InChI is InChI=1S/C40H52N2O30S2/c1-39(2)32-27-30(73(45,46)47)14-16-34(32)42(20-22-54-58-62-66-71-72-68-64-60-56-26-24-52-5)36(39)11-9-12-37-40(3,18-10-21-53-29-57-61-65-69-70-67-63-59-55-25-23-51-4)33-28-31(74(48,49)50)15-17-35(33)41(37)19-8-6-7-13-38(43)44/h9,11-12,14-17,23-28H,6-8,10,13,18-22,29H2,1-5H3,(H2-,43,44,45,46,47,48,49,50)/p+1/b25-23-,26-24+. The van der Waals surface area contributed by atoms with Crippen LogP contribution < -0.4 is 4.90 Å². The van der Waals surface area contributed by atoms with Crippen LogP contribution in [0.3, 0.4) is 0 Å². The Kier molecular flexibility index (Phi) is 26.1. The maximum absolute atomic E-state index is 12.5. The zero-order valence-electron chi connectivity index (χ0n) is 39.9. The number of fused-ring (bicyclic) bond motifs is 2. The zero-order valence-corrected chi connectivity index (χ0v) is 41.5. The van der Waals surface area contributed by atoms with E-state index in [1.54, 1.807) is 22.8 Å². The highest BCUT2D eigenvalue weighted by atomic mass is 32.2. The van der Waals surface area contributed by atoms with Crippen LogP contribution in [0.15, 0.2) is 95.2 Å². The summed E-state index contributed by atoms with van der Waals surface area (Å²) in [5.74, 6) is -0.935. The molecule has 0 saturated heterocycles. The fourth-order valence-corrected chi connectivity index (χ4v) is 8.42. The molecule has 2 aromatic carbocycles. The second kappa shape index (κ2) is 31.5. The molecule has 0 fully saturated rings. The highest BCUT2D eigenvalue weighted by Crippen LogP contribution is 2.51. The molecule has 74 heavy (non-hydrogen) atoms. The van der Waals surface area contributed by atoms with Crippen LogP contribution in [0.25, 0.3) is 0 Å². The van der Waals surface area contributed by atoms with Crippen molar-refractivity contribution < 1.29 is 150 Å². The minimum Gasteiger partial charge on any atom is -0.501 e. The van der Waals surface area contributed by atoms with E-state index in [1.165, 1.54) is 44.6 Å². The van der Waals surface area contributed by atoms with Crippen molar-refractivity contribution in [2.75, 3.05) is 52.2 Å². The molecule has 0 amide bonds. The second-order valence-corrected chi connectivity index (χ2v) is 18.2. The Bertz CT molecular complexity index is 2450. The van der Waals surface area contributed by atoms with Crippen molar-refractivity contribution in [3.63, 3.8) is 0 Å². The van der Waals surface area contributed by atoms with Gasteiger partial charge in [-0.15, -0.1) is 0 Å². The van der Waals surface area contributed by atoms with Crippen molar-refractivity contribution >= 4 is 43.3 Å². The number of carboxylic acid groups (broad SMARTS) is 1. The van der Waals surface area contributed by atoms with Gasteiger partial charge in [-0.1, -0.05) is 12.5 Å². The Morgan fingerprint density at radius 1 is 0.662 bits per heavy atom. The molecule has 0 bridgehead atoms. The van der Waals surface area contributed by atoms with Crippen LogP contribution in [-0.4, -0.2) is 94.6 Å². The van der Waals surface area contributed by atoms with E-state index in [0.717, 1.165) is 25.0 Å². The summed E-state index contributed by atoms with van der Waals surface area (Å²) in [6.45, 7) is 5.31. The number of unbranched alkanes of at least 4 members (excludes halogenated alkanes) is 2. The summed E-state index contributed by atoms with van der Waals surface area (Å²) >= 11 is 0. The first-order chi connectivity index (χ1) is 35.5. The number of methoxy groups -OCH3 is 2. The van der Waals surface area contributed by atoms with E-state index < -0.39 is 43.8 Å². The number of aliphatic carboxylic acids is 1. The van der Waals surface area contributed by atoms with Crippen molar-refractivity contribution in [1.29, 1.82) is 0 Å². The Morgan fingerprint density at radius 2 is 1.22 bits per heavy atom. The molecule has 0 spiro atoms. The van der Waals surface area contributed by atoms with Crippen LogP contribution in [0.2, 0.25) is 0 Å². The number of carboxylic acids is 1. The predicted octanol–water partition coefficient (Wildman–Crippen LogP) is 5.28. The van der Waals surface area contributed by atoms with Gasteiger partial charge in [0.1, 0.15) is 19.1 Å². The smallest absolute Gasteiger partial charge is 0.303 e. The molecule has 0 aliphatic carbocycles. The molecule has 0 aromatic heterocycles. The normalized spacial score (nSPS) is 17.1. The molecule has 2 aliphatic rings. The van der Waals surface area contributed by atoms with Gasteiger partial charge in [0.2, 0.25) is 5.69 Å². The summed E-state index contributed by atoms with van der Waals surface area (Å²) in [5.41, 5.74) is 1.63. The number of hydrogen-bond acceptors (Lipinski definition) is 28. The third-order valence-electron chi connectivity index (χ3n) is 10.5. The molecule has 34 heteroatoms. The average Bonchev–Trinajstić information content (AvgIpc) is 3.71. The Morgan fingerprint density at radius 3 is 1.80 bits per heavy atom. The number of rotatable bonds is 40. The van der Waals surface area contributed by atoms with Gasteiger partial charge >= 0.3 is 5.97 Å². The Labute approximate surface area is 420 Å². The van der Waals surface area contributed by atoms with E-state index in [1.807, 2.05) is 31.7 Å². The van der Waals surface area contributed by atoms with Crippen molar-refractivity contribution in [2.24, 2.45) is 0 Å². The fraction of sp³-hybridized carbons (Fsp3) is 0.450. The predicted molar refractivity (Wildman–Crippen MR) is 231 cm³/mol. The monoisotopic (exact) mass is 1110 g/mol. The lowest BCUT2D eigenvalue weighted by molar-refractivity contribution is -0.843. The second-order valence-electron chi connectivity index (χ2n) is 15.4. The molecule has 1 unspecified atom stereocenters. The molecule has 2 aliphatic heterocycles. The van der Waals surface area contributed by atoms with Crippen molar-refractivity contribution in [1.82, 2.24) is 0 Å². The molecule has 4 rings (SSSR count). The summed E-state index contributed by atoms with van der Waals surface area (Å²) in [6.07, 6.45) is 11.5. The van der Waals surface area contributed by atoms with Gasteiger partial charge in [-0.3, -0.25) is 13.9 Å². The quantitative estimate of drug-likeness (QED) is 0.0145. The van der Waals surface area contributed by atoms with Crippen LogP contribution in [-0.2, 0) is 145 Å². The average molecular weight is 1110 g/mol. The van der Waals surface area contributed by atoms with E-state index in [0.29, 0.717) is 72.6 Å². The molecule has 0 radical (unpaired) electrons. The van der Waals surface area contributed by atoms with E-state index in [4.69, 9.17) is 9.62 Å². The molecule has 414 valence electrons. The molecular weight excluding hydrogens is 1050 g/mol. The van der Waals surface area contributed by atoms with Crippen LogP contribution in [0.4, 0.5) is 11.4 Å². The molecule has 2 aromatic rings. The summed E-state index contributed by atoms with van der Waals surface area (Å²) < 4.78 is 85.9. The highest BCUT2D eigenvalue weighted by Gasteiger charge is 2.46. The molecule has 2 heterocycles. The molecule has 1 atom stereocenters. The number of hydrogen-bond donors (Lipinski definition) is 3. The number of anilines is 1. The van der Waals surface area contributed by atoms with Gasteiger partial charge in [0.25, 0.3) is 20.2 Å². The van der Waals surface area contributed by atoms with E-state index >= 15 is 0 Å². The molecule has 0 saturated carbocycles. The van der Waals surface area contributed by atoms with Gasteiger partial charge in [-0.25, -0.2) is 0 Å². The van der Waals surface area contributed by atoms with Gasteiger partial charge in [0.15, 0.2) is 31.6 Å². The third-order valence-corrected chi connectivity index (χ3v) is 12.2. The largest absolute Gasteiger partial charge is 0.501 e. The highest BCUT2D eigenvalue weighted by molar-refractivity contribution is 7.86.